The van der Waals surface area contributed by atoms with Gasteiger partial charge in [0.1, 0.15) is 0 Å². The van der Waals surface area contributed by atoms with Crippen LogP contribution in [0.4, 0.5) is 0 Å². The molecule has 0 spiro atoms. The zero-order valence-corrected chi connectivity index (χ0v) is 10.8. The van der Waals surface area contributed by atoms with Crippen LogP contribution in [0.5, 0.6) is 0 Å². The third kappa shape index (κ3) is 4.25. The molecular formula is C13H21NS. The van der Waals surface area contributed by atoms with Crippen molar-refractivity contribution in [3.05, 3.63) is 23.8 Å². The summed E-state index contributed by atoms with van der Waals surface area (Å²) in [6.07, 6.45) is 9.11. The molecule has 2 atom stereocenters. The molecule has 1 aliphatic rings. The topological polar surface area (TPSA) is 12.4 Å². The fraction of sp³-hybridized carbons (Fsp3) is 0.615. The molecular weight excluding hydrogens is 202 g/mol. The van der Waals surface area contributed by atoms with E-state index in [-0.39, 0.29) is 0 Å². The number of hydrogen-bond donors (Lipinski definition) is 0. The van der Waals surface area contributed by atoms with E-state index in [2.05, 4.69) is 44.0 Å². The lowest BCUT2D eigenvalue weighted by molar-refractivity contribution is 0.509. The van der Waals surface area contributed by atoms with Crippen LogP contribution in [0.15, 0.2) is 28.8 Å². The molecule has 84 valence electrons. The molecule has 0 aromatic rings. The summed E-state index contributed by atoms with van der Waals surface area (Å²) in [6, 6.07) is 0.510. The van der Waals surface area contributed by atoms with Crippen LogP contribution in [0.25, 0.3) is 0 Å². The van der Waals surface area contributed by atoms with Gasteiger partial charge < -0.3 is 0 Å². The van der Waals surface area contributed by atoms with Crippen molar-refractivity contribution in [2.75, 3.05) is 5.75 Å². The van der Waals surface area contributed by atoms with E-state index in [1.807, 2.05) is 17.3 Å². The highest BCUT2D eigenvalue weighted by Crippen LogP contribution is 2.25. The van der Waals surface area contributed by atoms with Crippen molar-refractivity contribution in [3.63, 3.8) is 0 Å². The molecule has 0 aromatic carbocycles. The molecule has 0 amide bonds. The first-order valence-corrected chi connectivity index (χ1v) is 6.70. The third-order valence-electron chi connectivity index (χ3n) is 2.89. The number of thioether (sulfide) groups is 1. The van der Waals surface area contributed by atoms with Crippen LogP contribution in [0, 0.1) is 5.92 Å². The van der Waals surface area contributed by atoms with Gasteiger partial charge in [-0.25, -0.2) is 0 Å². The lowest BCUT2D eigenvalue weighted by Crippen LogP contribution is -2.17. The summed E-state index contributed by atoms with van der Waals surface area (Å²) >= 11 is 1.84. The maximum atomic E-state index is 4.53. The minimum atomic E-state index is 0.510. The quantitative estimate of drug-likeness (QED) is 0.640. The number of nitrogens with zero attached hydrogens (tertiary/aromatic N) is 1. The van der Waals surface area contributed by atoms with Crippen LogP contribution in [-0.4, -0.2) is 17.3 Å². The van der Waals surface area contributed by atoms with Crippen molar-refractivity contribution in [3.8, 4) is 0 Å². The lowest BCUT2D eigenvalue weighted by atomic mass is 9.93. The number of aliphatic imine (C=N–C) groups is 1. The van der Waals surface area contributed by atoms with E-state index in [9.17, 15) is 0 Å². The van der Waals surface area contributed by atoms with Crippen LogP contribution in [0.2, 0.25) is 0 Å². The van der Waals surface area contributed by atoms with Crippen molar-refractivity contribution in [1.82, 2.24) is 0 Å². The fourth-order valence-corrected chi connectivity index (χ4v) is 2.60. The van der Waals surface area contributed by atoms with Crippen LogP contribution in [0.1, 0.15) is 33.6 Å². The number of rotatable bonds is 5. The van der Waals surface area contributed by atoms with Gasteiger partial charge in [0.25, 0.3) is 0 Å². The highest BCUT2D eigenvalue weighted by Gasteiger charge is 2.20. The molecule has 0 saturated carbocycles. The summed E-state index contributed by atoms with van der Waals surface area (Å²) in [4.78, 5) is 4.53. The van der Waals surface area contributed by atoms with Gasteiger partial charge in [-0.3, -0.25) is 4.99 Å². The Morgan fingerprint density at radius 2 is 2.40 bits per heavy atom. The molecule has 0 N–H and O–H groups in total. The molecule has 0 aliphatic carbocycles. The zero-order chi connectivity index (χ0) is 11.1. The van der Waals surface area contributed by atoms with E-state index >= 15 is 0 Å². The van der Waals surface area contributed by atoms with Crippen molar-refractivity contribution in [1.29, 1.82) is 0 Å². The van der Waals surface area contributed by atoms with Gasteiger partial charge in [-0.15, -0.1) is 11.8 Å². The van der Waals surface area contributed by atoms with Crippen LogP contribution in [0.3, 0.4) is 0 Å². The first kappa shape index (κ1) is 12.6. The summed E-state index contributed by atoms with van der Waals surface area (Å²) in [5, 5.41) is 0. The van der Waals surface area contributed by atoms with Crippen molar-refractivity contribution in [2.45, 2.75) is 39.7 Å². The average molecular weight is 223 g/mol. The molecule has 2 heteroatoms. The van der Waals surface area contributed by atoms with Crippen LogP contribution in [-0.2, 0) is 0 Å². The molecule has 0 aromatic heterocycles. The van der Waals surface area contributed by atoms with Gasteiger partial charge in [0, 0.05) is 11.7 Å². The number of allylic oxidation sites excluding steroid dienone is 3. The Balaban J connectivity index is 2.47. The van der Waals surface area contributed by atoms with Crippen molar-refractivity contribution in [2.24, 2.45) is 10.9 Å². The minimum absolute atomic E-state index is 0.510. The van der Waals surface area contributed by atoms with E-state index in [4.69, 9.17) is 0 Å². The molecule has 1 heterocycles. The first-order chi connectivity index (χ1) is 7.27. The lowest BCUT2D eigenvalue weighted by Gasteiger charge is -2.17. The molecule has 15 heavy (non-hydrogen) atoms. The molecule has 1 nitrogen and oxygen atoms in total. The first-order valence-electron chi connectivity index (χ1n) is 5.65. The Morgan fingerprint density at radius 3 is 2.93 bits per heavy atom. The van der Waals surface area contributed by atoms with Gasteiger partial charge in [-0.1, -0.05) is 23.8 Å². The van der Waals surface area contributed by atoms with Crippen molar-refractivity contribution < 1.29 is 0 Å². The van der Waals surface area contributed by atoms with Gasteiger partial charge in [0.2, 0.25) is 0 Å². The summed E-state index contributed by atoms with van der Waals surface area (Å²) in [5.41, 5.74) is 3.49. The van der Waals surface area contributed by atoms with Gasteiger partial charge in [-0.2, -0.15) is 0 Å². The molecule has 0 bridgehead atoms. The largest absolute Gasteiger partial charge is 0.282 e. The average Bonchev–Trinajstić information content (AvgIpc) is 2.76. The molecule has 1 rings (SSSR count). The summed E-state index contributed by atoms with van der Waals surface area (Å²) in [7, 11) is 0. The highest BCUT2D eigenvalue weighted by molar-refractivity contribution is 8.12. The SMILES string of the molecule is C/C=C\C(CC/C(C)=C\C)C1CSC=N1. The Labute approximate surface area is 97.8 Å². The fourth-order valence-electron chi connectivity index (χ4n) is 1.74. The summed E-state index contributed by atoms with van der Waals surface area (Å²) < 4.78 is 0. The summed E-state index contributed by atoms with van der Waals surface area (Å²) in [5.74, 6) is 1.78. The van der Waals surface area contributed by atoms with Gasteiger partial charge in [-0.05, 0) is 33.6 Å². The molecule has 0 radical (unpaired) electrons. The second-order valence-corrected chi connectivity index (χ2v) is 4.90. The Hall–Kier alpha value is -0.500. The standard InChI is InChI=1S/C13H21NS/c1-4-6-12(8-7-11(3)5-2)13-9-15-10-14-13/h4-6,10,12-13H,7-9H2,1-3H3/b6-4-,11-5-. The number of hydrogen-bond acceptors (Lipinski definition) is 2. The van der Waals surface area contributed by atoms with Crippen LogP contribution < -0.4 is 0 Å². The molecule has 2 unspecified atom stereocenters. The monoisotopic (exact) mass is 223 g/mol. The van der Waals surface area contributed by atoms with E-state index in [1.165, 1.54) is 18.4 Å². The minimum Gasteiger partial charge on any atom is -0.282 e. The maximum absolute atomic E-state index is 4.53. The van der Waals surface area contributed by atoms with Gasteiger partial charge in [0.05, 0.1) is 11.6 Å². The molecule has 0 saturated heterocycles. The Kier molecular flexibility index (Phi) is 5.77. The van der Waals surface area contributed by atoms with Crippen molar-refractivity contribution >= 4 is 17.3 Å². The third-order valence-corrected chi connectivity index (χ3v) is 3.70. The predicted molar refractivity (Wildman–Crippen MR) is 71.7 cm³/mol. The van der Waals surface area contributed by atoms with E-state index < -0.39 is 0 Å². The second-order valence-electron chi connectivity index (χ2n) is 4.02. The Bertz CT molecular complexity index is 266. The van der Waals surface area contributed by atoms with Gasteiger partial charge in [0.15, 0.2) is 0 Å². The highest BCUT2D eigenvalue weighted by atomic mass is 32.2. The second kappa shape index (κ2) is 6.89. The molecule has 1 aliphatic heterocycles. The maximum Gasteiger partial charge on any atom is 0.0662 e. The van der Waals surface area contributed by atoms with Crippen LogP contribution >= 0.6 is 11.8 Å². The molecule has 0 fully saturated rings. The predicted octanol–water partition coefficient (Wildman–Crippen LogP) is 4.07. The zero-order valence-electron chi connectivity index (χ0n) is 9.94. The van der Waals surface area contributed by atoms with E-state index in [0.717, 1.165) is 5.75 Å². The van der Waals surface area contributed by atoms with E-state index in [0.29, 0.717) is 12.0 Å². The summed E-state index contributed by atoms with van der Waals surface area (Å²) in [6.45, 7) is 6.42. The van der Waals surface area contributed by atoms with Gasteiger partial charge >= 0.3 is 0 Å². The smallest absolute Gasteiger partial charge is 0.0662 e. The Morgan fingerprint density at radius 1 is 1.60 bits per heavy atom. The van der Waals surface area contributed by atoms with E-state index in [1.54, 1.807) is 0 Å². The normalized spacial score (nSPS) is 23.9.